The van der Waals surface area contributed by atoms with Gasteiger partial charge < -0.3 is 4.90 Å². The first-order chi connectivity index (χ1) is 9.70. The van der Waals surface area contributed by atoms with E-state index in [4.69, 9.17) is 0 Å². The van der Waals surface area contributed by atoms with Crippen molar-refractivity contribution in [2.24, 2.45) is 5.92 Å². The predicted octanol–water partition coefficient (Wildman–Crippen LogP) is 5.08. The van der Waals surface area contributed by atoms with Gasteiger partial charge in [-0.1, -0.05) is 13.3 Å². The molecule has 0 unspecified atom stereocenters. The third-order valence-corrected chi connectivity index (χ3v) is 6.60. The van der Waals surface area contributed by atoms with Gasteiger partial charge in [-0.15, -0.1) is 11.3 Å². The molecule has 0 saturated heterocycles. The Bertz CT molecular complexity index is 475. The first-order valence-electron chi connectivity index (χ1n) is 7.76. The van der Waals surface area contributed by atoms with Gasteiger partial charge in [-0.3, -0.25) is 4.79 Å². The van der Waals surface area contributed by atoms with E-state index in [1.54, 1.807) is 11.3 Å². The van der Waals surface area contributed by atoms with E-state index in [2.05, 4.69) is 27.8 Å². The van der Waals surface area contributed by atoms with E-state index >= 15 is 0 Å². The molecular formula is C16H22BrNOS. The summed E-state index contributed by atoms with van der Waals surface area (Å²) in [7, 11) is 0. The maximum atomic E-state index is 12.9. The zero-order chi connectivity index (χ0) is 14.1. The van der Waals surface area contributed by atoms with Crippen LogP contribution in [0.1, 0.15) is 61.5 Å². The maximum absolute atomic E-state index is 12.9. The minimum atomic E-state index is 0.259. The molecule has 1 heterocycles. The average Bonchev–Trinajstić information content (AvgIpc) is 3.20. The number of halogens is 1. The van der Waals surface area contributed by atoms with Gasteiger partial charge in [-0.25, -0.2) is 0 Å². The molecule has 0 radical (unpaired) electrons. The van der Waals surface area contributed by atoms with E-state index in [1.807, 2.05) is 11.4 Å². The SMILES string of the molecule is CCC1CCC(N(C(=O)c2sccc2Br)C2CC2)CC1. The molecule has 1 amide bonds. The molecule has 2 aliphatic carbocycles. The summed E-state index contributed by atoms with van der Waals surface area (Å²) in [6.45, 7) is 2.29. The van der Waals surface area contributed by atoms with Crippen LogP contribution in [0.3, 0.4) is 0 Å². The van der Waals surface area contributed by atoms with E-state index in [0.717, 1.165) is 15.3 Å². The minimum absolute atomic E-state index is 0.259. The number of hydrogen-bond donors (Lipinski definition) is 0. The molecule has 4 heteroatoms. The van der Waals surface area contributed by atoms with Gasteiger partial charge in [0.1, 0.15) is 4.88 Å². The maximum Gasteiger partial charge on any atom is 0.265 e. The summed E-state index contributed by atoms with van der Waals surface area (Å²) in [6.07, 6.45) is 8.67. The molecule has 2 nitrogen and oxygen atoms in total. The van der Waals surface area contributed by atoms with Crippen molar-refractivity contribution in [1.29, 1.82) is 0 Å². The standard InChI is InChI=1S/C16H22BrNOS/c1-2-11-3-5-12(6-4-11)18(13-7-8-13)16(19)15-14(17)9-10-20-15/h9-13H,2-8H2,1H3. The Kier molecular flexibility index (Phi) is 4.51. The lowest BCUT2D eigenvalue weighted by Gasteiger charge is -2.37. The third-order valence-electron chi connectivity index (χ3n) is 4.77. The second-order valence-corrected chi connectivity index (χ2v) is 7.89. The van der Waals surface area contributed by atoms with Crippen LogP contribution >= 0.6 is 27.3 Å². The van der Waals surface area contributed by atoms with Crippen LogP contribution in [-0.2, 0) is 0 Å². The number of hydrogen-bond acceptors (Lipinski definition) is 2. The number of carbonyl (C=O) groups is 1. The summed E-state index contributed by atoms with van der Waals surface area (Å²) >= 11 is 5.07. The topological polar surface area (TPSA) is 20.3 Å². The molecule has 1 aromatic heterocycles. The van der Waals surface area contributed by atoms with Crippen molar-refractivity contribution in [3.63, 3.8) is 0 Å². The first kappa shape index (κ1) is 14.6. The Balaban J connectivity index is 1.73. The molecule has 0 N–H and O–H groups in total. The van der Waals surface area contributed by atoms with E-state index in [9.17, 15) is 4.79 Å². The number of rotatable bonds is 4. The third kappa shape index (κ3) is 2.96. The fourth-order valence-electron chi connectivity index (χ4n) is 3.38. The summed E-state index contributed by atoms with van der Waals surface area (Å²) in [4.78, 5) is 16.0. The molecule has 3 rings (SSSR count). The summed E-state index contributed by atoms with van der Waals surface area (Å²) in [6, 6.07) is 2.98. The summed E-state index contributed by atoms with van der Waals surface area (Å²) < 4.78 is 0.959. The summed E-state index contributed by atoms with van der Waals surface area (Å²) in [5.41, 5.74) is 0. The molecule has 0 aromatic carbocycles. The lowest BCUT2D eigenvalue weighted by molar-refractivity contribution is 0.0591. The monoisotopic (exact) mass is 355 g/mol. The highest BCUT2D eigenvalue weighted by Crippen LogP contribution is 2.38. The van der Waals surface area contributed by atoms with E-state index in [-0.39, 0.29) is 5.91 Å². The molecule has 110 valence electrons. The average molecular weight is 356 g/mol. The molecule has 0 spiro atoms. The van der Waals surface area contributed by atoms with E-state index in [0.29, 0.717) is 12.1 Å². The number of amides is 1. The quantitative estimate of drug-likeness (QED) is 0.736. The van der Waals surface area contributed by atoms with Crippen LogP contribution < -0.4 is 0 Å². The van der Waals surface area contributed by atoms with Crippen molar-refractivity contribution in [2.45, 2.75) is 64.0 Å². The molecule has 2 fully saturated rings. The minimum Gasteiger partial charge on any atom is -0.332 e. The van der Waals surface area contributed by atoms with E-state index in [1.165, 1.54) is 44.9 Å². The lowest BCUT2D eigenvalue weighted by atomic mass is 9.84. The van der Waals surface area contributed by atoms with Crippen LogP contribution in [0.25, 0.3) is 0 Å². The van der Waals surface area contributed by atoms with Crippen LogP contribution in [0.2, 0.25) is 0 Å². The number of nitrogens with zero attached hydrogens (tertiary/aromatic N) is 1. The van der Waals surface area contributed by atoms with Gasteiger partial charge >= 0.3 is 0 Å². The Labute approximate surface area is 133 Å². The van der Waals surface area contributed by atoms with Crippen LogP contribution in [0.15, 0.2) is 15.9 Å². The zero-order valence-corrected chi connectivity index (χ0v) is 14.4. The highest BCUT2D eigenvalue weighted by atomic mass is 79.9. The molecular weight excluding hydrogens is 334 g/mol. The smallest absolute Gasteiger partial charge is 0.265 e. The molecule has 20 heavy (non-hydrogen) atoms. The molecule has 0 atom stereocenters. The normalized spacial score (nSPS) is 26.5. The van der Waals surface area contributed by atoms with Crippen molar-refractivity contribution in [2.75, 3.05) is 0 Å². The highest BCUT2D eigenvalue weighted by Gasteiger charge is 2.39. The van der Waals surface area contributed by atoms with Crippen LogP contribution in [-0.4, -0.2) is 22.9 Å². The summed E-state index contributed by atoms with van der Waals surface area (Å²) in [5, 5.41) is 2.00. The Hall–Kier alpha value is -0.350. The highest BCUT2D eigenvalue weighted by molar-refractivity contribution is 9.10. The van der Waals surface area contributed by atoms with Gasteiger partial charge in [0.05, 0.1) is 0 Å². The molecule has 2 aliphatic rings. The van der Waals surface area contributed by atoms with Gasteiger partial charge in [-0.2, -0.15) is 0 Å². The molecule has 2 saturated carbocycles. The summed E-state index contributed by atoms with van der Waals surface area (Å²) in [5.74, 6) is 1.14. The van der Waals surface area contributed by atoms with Crippen molar-refractivity contribution in [3.8, 4) is 0 Å². The fraction of sp³-hybridized carbons (Fsp3) is 0.688. The molecule has 0 aliphatic heterocycles. The Morgan fingerprint density at radius 1 is 1.25 bits per heavy atom. The zero-order valence-electron chi connectivity index (χ0n) is 12.0. The van der Waals surface area contributed by atoms with Crippen LogP contribution in [0, 0.1) is 5.92 Å². The van der Waals surface area contributed by atoms with Gasteiger partial charge in [0, 0.05) is 16.6 Å². The predicted molar refractivity (Wildman–Crippen MR) is 87.2 cm³/mol. The van der Waals surface area contributed by atoms with Crippen molar-refractivity contribution in [1.82, 2.24) is 4.90 Å². The van der Waals surface area contributed by atoms with Crippen molar-refractivity contribution >= 4 is 33.2 Å². The van der Waals surface area contributed by atoms with Gasteiger partial charge in [0.15, 0.2) is 0 Å². The van der Waals surface area contributed by atoms with Crippen LogP contribution in [0.4, 0.5) is 0 Å². The number of carbonyl (C=O) groups excluding carboxylic acids is 1. The van der Waals surface area contributed by atoms with Crippen LogP contribution in [0.5, 0.6) is 0 Å². The first-order valence-corrected chi connectivity index (χ1v) is 9.43. The molecule has 1 aromatic rings. The Morgan fingerprint density at radius 3 is 2.30 bits per heavy atom. The largest absolute Gasteiger partial charge is 0.332 e. The number of thiophene rings is 1. The van der Waals surface area contributed by atoms with E-state index < -0.39 is 0 Å². The molecule has 0 bridgehead atoms. The second-order valence-electron chi connectivity index (χ2n) is 6.12. The van der Waals surface area contributed by atoms with Gasteiger partial charge in [0.2, 0.25) is 0 Å². The Morgan fingerprint density at radius 2 is 1.85 bits per heavy atom. The van der Waals surface area contributed by atoms with Crippen molar-refractivity contribution in [3.05, 3.63) is 20.8 Å². The lowest BCUT2D eigenvalue weighted by Crippen LogP contribution is -2.43. The van der Waals surface area contributed by atoms with Crippen molar-refractivity contribution < 1.29 is 4.79 Å². The second kappa shape index (κ2) is 6.18. The van der Waals surface area contributed by atoms with Gasteiger partial charge in [0.25, 0.3) is 5.91 Å². The fourth-order valence-corrected chi connectivity index (χ4v) is 4.86. The van der Waals surface area contributed by atoms with Gasteiger partial charge in [-0.05, 0) is 71.8 Å².